The van der Waals surface area contributed by atoms with Crippen LogP contribution in [0.3, 0.4) is 0 Å². The smallest absolute Gasteiger partial charge is 0.244 e. The minimum atomic E-state index is -4.06. The molecule has 0 aliphatic heterocycles. The number of aryl methyl sites for hydroxylation is 2. The second kappa shape index (κ2) is 6.39. The first kappa shape index (κ1) is 18.4. The van der Waals surface area contributed by atoms with Crippen molar-refractivity contribution < 1.29 is 12.6 Å². The molecule has 1 atom stereocenters. The summed E-state index contributed by atoms with van der Waals surface area (Å²) in [4.78, 5) is 0.392. The summed E-state index contributed by atoms with van der Waals surface area (Å²) in [5.41, 5.74) is 1.57. The molecule has 0 N–H and O–H groups in total. The van der Waals surface area contributed by atoms with Gasteiger partial charge in [0.05, 0.1) is 9.73 Å². The lowest BCUT2D eigenvalue weighted by Crippen LogP contribution is -2.04. The van der Waals surface area contributed by atoms with Gasteiger partial charge in [-0.25, -0.2) is 4.21 Å². The molecule has 0 fully saturated rings. The van der Waals surface area contributed by atoms with Crippen LogP contribution < -0.4 is 0 Å². The van der Waals surface area contributed by atoms with Gasteiger partial charge >= 0.3 is 0 Å². The van der Waals surface area contributed by atoms with Gasteiger partial charge in [0.1, 0.15) is 4.21 Å². The van der Waals surface area contributed by atoms with Crippen LogP contribution in [0, 0.1) is 13.8 Å². The molecule has 132 valence electrons. The molecule has 0 spiro atoms. The second-order valence-electron chi connectivity index (χ2n) is 5.82. The van der Waals surface area contributed by atoms with Crippen LogP contribution in [0.4, 0.5) is 0 Å². The molecule has 1 unspecified atom stereocenters. The first-order valence-electron chi connectivity index (χ1n) is 7.34. The Balaban J connectivity index is 2.18. The number of rotatable bonds is 3. The summed E-state index contributed by atoms with van der Waals surface area (Å²) in [7, 11) is -7.13. The van der Waals surface area contributed by atoms with Gasteiger partial charge < -0.3 is 0 Å². The molecule has 0 aliphatic carbocycles. The number of hydrogen-bond acceptors (Lipinski definition) is 4. The maximum Gasteiger partial charge on any atom is 0.300 e. The van der Waals surface area contributed by atoms with E-state index in [0.717, 1.165) is 27.0 Å². The van der Waals surface area contributed by atoms with Crippen LogP contribution in [0.15, 0.2) is 55.3 Å². The Bertz CT molecular complexity index is 1190. The summed E-state index contributed by atoms with van der Waals surface area (Å²) in [5, 5.41) is 1.30. The van der Waals surface area contributed by atoms with E-state index in [4.69, 9.17) is 11.6 Å². The van der Waals surface area contributed by atoms with Crippen LogP contribution in [0.2, 0.25) is 5.02 Å². The van der Waals surface area contributed by atoms with E-state index in [1.54, 1.807) is 49.4 Å². The number of fused-ring (bicyclic) bond motifs is 1. The Morgan fingerprint density at radius 1 is 1.00 bits per heavy atom. The van der Waals surface area contributed by atoms with Gasteiger partial charge in [0, 0.05) is 20.9 Å². The molecule has 0 saturated heterocycles. The molecule has 25 heavy (non-hydrogen) atoms. The molecule has 0 aliphatic rings. The van der Waals surface area contributed by atoms with Crippen molar-refractivity contribution >= 4 is 52.8 Å². The minimum absolute atomic E-state index is 0.103. The summed E-state index contributed by atoms with van der Waals surface area (Å²) >= 11 is 7.11. The third-order valence-electron chi connectivity index (χ3n) is 3.79. The highest BCUT2D eigenvalue weighted by molar-refractivity contribution is 8.03. The SMILES string of the molecule is Cc1ccc(S(C)(=O)=NS(=O)(=O)c2sc3ccc(Cl)cc3c2C)cc1. The third-order valence-corrected chi connectivity index (χ3v) is 9.82. The number of benzene rings is 2. The predicted molar refractivity (Wildman–Crippen MR) is 105 cm³/mol. The Labute approximate surface area is 156 Å². The highest BCUT2D eigenvalue weighted by Gasteiger charge is 2.23. The predicted octanol–water partition coefficient (Wildman–Crippen LogP) is 5.02. The fourth-order valence-corrected chi connectivity index (χ4v) is 7.78. The standard InChI is InChI=1S/C17H16ClNO3S3/c1-11-4-7-14(8-5-11)24(3,20)19-25(21,22)17-12(2)15-10-13(18)6-9-16(15)23-17/h4-10H,1-3H3. The normalized spacial score (nSPS) is 14.4. The van der Waals surface area contributed by atoms with Crippen LogP contribution >= 0.6 is 22.9 Å². The molecular formula is C17H16ClNO3S3. The van der Waals surface area contributed by atoms with E-state index in [1.807, 2.05) is 6.92 Å². The zero-order valence-electron chi connectivity index (χ0n) is 13.8. The first-order valence-corrected chi connectivity index (χ1v) is 11.9. The number of nitrogens with zero attached hydrogens (tertiary/aromatic N) is 1. The Morgan fingerprint density at radius 3 is 2.28 bits per heavy atom. The lowest BCUT2D eigenvalue weighted by Gasteiger charge is -2.05. The van der Waals surface area contributed by atoms with E-state index in [1.165, 1.54) is 6.26 Å². The van der Waals surface area contributed by atoms with E-state index in [0.29, 0.717) is 15.5 Å². The van der Waals surface area contributed by atoms with Crippen LogP contribution in [-0.4, -0.2) is 18.9 Å². The van der Waals surface area contributed by atoms with Crippen molar-refractivity contribution in [1.29, 1.82) is 0 Å². The average Bonchev–Trinajstić information content (AvgIpc) is 2.84. The van der Waals surface area contributed by atoms with Crippen LogP contribution in [0.1, 0.15) is 11.1 Å². The minimum Gasteiger partial charge on any atom is -0.244 e. The van der Waals surface area contributed by atoms with Gasteiger partial charge in [0.25, 0.3) is 10.0 Å². The van der Waals surface area contributed by atoms with Gasteiger partial charge in [-0.1, -0.05) is 29.3 Å². The largest absolute Gasteiger partial charge is 0.300 e. The first-order chi connectivity index (χ1) is 11.6. The fraction of sp³-hybridized carbons (Fsp3) is 0.176. The maximum absolute atomic E-state index is 12.9. The lowest BCUT2D eigenvalue weighted by atomic mass is 10.2. The Hall–Kier alpha value is -1.41. The molecule has 8 heteroatoms. The van der Waals surface area contributed by atoms with E-state index in [-0.39, 0.29) is 4.21 Å². The van der Waals surface area contributed by atoms with Crippen molar-refractivity contribution in [1.82, 2.24) is 0 Å². The zero-order chi connectivity index (χ0) is 18.4. The monoisotopic (exact) mass is 413 g/mol. The summed E-state index contributed by atoms with van der Waals surface area (Å²) < 4.78 is 43.2. The van der Waals surface area contributed by atoms with Crippen LogP contribution in [-0.2, 0) is 19.8 Å². The lowest BCUT2D eigenvalue weighted by molar-refractivity contribution is 0.599. The van der Waals surface area contributed by atoms with Crippen LogP contribution in [0.25, 0.3) is 10.1 Å². The topological polar surface area (TPSA) is 63.6 Å². The van der Waals surface area contributed by atoms with E-state index in [2.05, 4.69) is 3.77 Å². The molecular weight excluding hydrogens is 398 g/mol. The van der Waals surface area contributed by atoms with Crippen molar-refractivity contribution in [3.8, 4) is 0 Å². The van der Waals surface area contributed by atoms with Crippen molar-refractivity contribution in [2.24, 2.45) is 3.77 Å². The Morgan fingerprint density at radius 2 is 1.64 bits per heavy atom. The van der Waals surface area contributed by atoms with Gasteiger partial charge in [0.15, 0.2) is 0 Å². The molecule has 3 rings (SSSR count). The molecule has 3 aromatic rings. The molecule has 1 heterocycles. The molecule has 4 nitrogen and oxygen atoms in total. The second-order valence-corrected chi connectivity index (χ2v) is 11.6. The molecule has 2 aromatic carbocycles. The number of halogens is 1. The molecule has 0 amide bonds. The van der Waals surface area contributed by atoms with Crippen molar-refractivity contribution in [3.63, 3.8) is 0 Å². The number of thiophene rings is 1. The highest BCUT2D eigenvalue weighted by Crippen LogP contribution is 2.36. The molecule has 0 radical (unpaired) electrons. The summed E-state index contributed by atoms with van der Waals surface area (Å²) in [6.07, 6.45) is 1.34. The van der Waals surface area contributed by atoms with Crippen molar-refractivity contribution in [3.05, 3.63) is 58.6 Å². The summed E-state index contributed by atoms with van der Waals surface area (Å²) in [6.45, 7) is 3.61. The van der Waals surface area contributed by atoms with Crippen molar-refractivity contribution in [2.45, 2.75) is 23.0 Å². The maximum atomic E-state index is 12.9. The molecule has 0 saturated carbocycles. The average molecular weight is 414 g/mol. The molecule has 1 aromatic heterocycles. The van der Waals surface area contributed by atoms with E-state index in [9.17, 15) is 12.6 Å². The van der Waals surface area contributed by atoms with Gasteiger partial charge in [0.2, 0.25) is 0 Å². The molecule has 0 bridgehead atoms. The highest BCUT2D eigenvalue weighted by atomic mass is 35.5. The third kappa shape index (κ3) is 3.60. The van der Waals surface area contributed by atoms with Crippen molar-refractivity contribution in [2.75, 3.05) is 6.26 Å². The van der Waals surface area contributed by atoms with Gasteiger partial charge in [-0.2, -0.15) is 8.42 Å². The Kier molecular flexibility index (Phi) is 4.70. The van der Waals surface area contributed by atoms with Gasteiger partial charge in [-0.05, 0) is 55.1 Å². The quantitative estimate of drug-likeness (QED) is 0.605. The summed E-state index contributed by atoms with van der Waals surface area (Å²) in [5.74, 6) is 0. The van der Waals surface area contributed by atoms with Gasteiger partial charge in [-0.15, -0.1) is 15.1 Å². The summed E-state index contributed by atoms with van der Waals surface area (Å²) in [6, 6.07) is 12.1. The van der Waals surface area contributed by atoms with E-state index < -0.39 is 19.8 Å². The van der Waals surface area contributed by atoms with E-state index >= 15 is 0 Å². The zero-order valence-corrected chi connectivity index (χ0v) is 17.0. The van der Waals surface area contributed by atoms with Gasteiger partial charge in [-0.3, -0.25) is 0 Å². The fourth-order valence-electron chi connectivity index (χ4n) is 2.47. The number of hydrogen-bond donors (Lipinski definition) is 0. The van der Waals surface area contributed by atoms with Crippen LogP contribution in [0.5, 0.6) is 0 Å². The number of sulfonamides is 1.